The third-order valence-electron chi connectivity index (χ3n) is 5.08. The minimum atomic E-state index is -0.959. The van der Waals surface area contributed by atoms with E-state index in [0.29, 0.717) is 13.1 Å². The normalized spacial score (nSPS) is 22.8. The molecule has 4 rings (SSSR count). The van der Waals surface area contributed by atoms with Crippen LogP contribution in [0.2, 0.25) is 0 Å². The number of piperidine rings is 1. The maximum Gasteiger partial charge on any atom is 0.262 e. The summed E-state index contributed by atoms with van der Waals surface area (Å²) < 4.78 is 5.43. The second kappa shape index (κ2) is 6.75. The van der Waals surface area contributed by atoms with Crippen molar-refractivity contribution in [1.29, 1.82) is 0 Å². The Labute approximate surface area is 154 Å². The fraction of sp³-hybridized carbons (Fsp3) is 0.444. The predicted molar refractivity (Wildman–Crippen MR) is 92.2 cm³/mol. The number of fused-ring (bicyclic) bond motifs is 1. The highest BCUT2D eigenvalue weighted by Gasteiger charge is 2.45. The van der Waals surface area contributed by atoms with Gasteiger partial charge in [-0.05, 0) is 24.6 Å². The molecule has 2 fully saturated rings. The van der Waals surface area contributed by atoms with Crippen molar-refractivity contribution in [3.05, 3.63) is 29.3 Å². The summed E-state index contributed by atoms with van der Waals surface area (Å²) in [6.45, 7) is 1.54. The molecule has 2 N–H and O–H groups in total. The van der Waals surface area contributed by atoms with Crippen LogP contribution >= 0.6 is 0 Å². The van der Waals surface area contributed by atoms with Crippen molar-refractivity contribution >= 4 is 29.3 Å². The Kier molecular flexibility index (Phi) is 4.40. The van der Waals surface area contributed by atoms with Gasteiger partial charge in [0.05, 0.1) is 30.4 Å². The van der Waals surface area contributed by atoms with Crippen LogP contribution in [0.1, 0.15) is 33.6 Å². The third-order valence-corrected chi connectivity index (χ3v) is 5.08. The first-order valence-electron chi connectivity index (χ1n) is 8.82. The van der Waals surface area contributed by atoms with Crippen LogP contribution in [0.15, 0.2) is 18.2 Å². The van der Waals surface area contributed by atoms with Crippen molar-refractivity contribution in [1.82, 2.24) is 10.2 Å². The molecule has 0 bridgehead atoms. The van der Waals surface area contributed by atoms with E-state index >= 15 is 0 Å². The number of rotatable bonds is 5. The number of ether oxygens (including phenoxy) is 1. The van der Waals surface area contributed by atoms with Crippen LogP contribution in [-0.2, 0) is 14.3 Å². The molecule has 0 saturated carbocycles. The molecule has 1 unspecified atom stereocenters. The topological polar surface area (TPSA) is 116 Å². The maximum atomic E-state index is 12.8. The average molecular weight is 373 g/mol. The Morgan fingerprint density at radius 3 is 2.56 bits per heavy atom. The van der Waals surface area contributed by atoms with Gasteiger partial charge in [0.1, 0.15) is 6.04 Å². The quantitative estimate of drug-likeness (QED) is 0.655. The van der Waals surface area contributed by atoms with E-state index in [4.69, 9.17) is 9.84 Å². The van der Waals surface area contributed by atoms with E-state index < -0.39 is 29.7 Å². The lowest BCUT2D eigenvalue weighted by Crippen LogP contribution is -2.54. The van der Waals surface area contributed by atoms with Gasteiger partial charge in [0.2, 0.25) is 11.8 Å². The molecule has 27 heavy (non-hydrogen) atoms. The van der Waals surface area contributed by atoms with Crippen LogP contribution in [0, 0.1) is 0 Å². The Hall–Kier alpha value is -2.78. The SMILES string of the molecule is O=C1CCC(N2C(=O)c3ccc(N4CC(OCCO)C4)cc3C2=O)C(=O)N1. The summed E-state index contributed by atoms with van der Waals surface area (Å²) in [6, 6.07) is 4.06. The van der Waals surface area contributed by atoms with Gasteiger partial charge in [0.15, 0.2) is 0 Å². The standard InChI is InChI=1S/C18H19N3O6/c22-5-6-27-11-8-20(9-11)10-1-2-12-13(7-10)18(26)21(17(12)25)14-3-4-15(23)19-16(14)24/h1-2,7,11,14,22H,3-6,8-9H2,(H,19,23,24). The van der Waals surface area contributed by atoms with Crippen molar-refractivity contribution < 1.29 is 29.0 Å². The van der Waals surface area contributed by atoms with E-state index in [1.165, 1.54) is 0 Å². The monoisotopic (exact) mass is 373 g/mol. The highest BCUT2D eigenvalue weighted by atomic mass is 16.5. The molecule has 0 radical (unpaired) electrons. The summed E-state index contributed by atoms with van der Waals surface area (Å²) in [5, 5.41) is 11.0. The number of nitrogens with one attached hydrogen (secondary N) is 1. The number of hydrogen-bond donors (Lipinski definition) is 2. The van der Waals surface area contributed by atoms with E-state index in [0.717, 1.165) is 10.6 Å². The van der Waals surface area contributed by atoms with Crippen molar-refractivity contribution in [2.75, 3.05) is 31.2 Å². The summed E-state index contributed by atoms with van der Waals surface area (Å²) in [6.07, 6.45) is 0.263. The van der Waals surface area contributed by atoms with E-state index in [9.17, 15) is 19.2 Å². The third kappa shape index (κ3) is 2.98. The predicted octanol–water partition coefficient (Wildman–Crippen LogP) is -0.715. The van der Waals surface area contributed by atoms with Crippen molar-refractivity contribution in [3.63, 3.8) is 0 Å². The molecule has 1 aromatic carbocycles. The zero-order valence-electron chi connectivity index (χ0n) is 14.5. The number of carbonyl (C=O) groups is 4. The maximum absolute atomic E-state index is 12.8. The van der Waals surface area contributed by atoms with Gasteiger partial charge in [-0.2, -0.15) is 0 Å². The molecule has 4 amide bonds. The number of carbonyl (C=O) groups excluding carboxylic acids is 4. The molecule has 9 heteroatoms. The molecular formula is C18H19N3O6. The molecule has 1 atom stereocenters. The second-order valence-electron chi connectivity index (χ2n) is 6.80. The van der Waals surface area contributed by atoms with Crippen LogP contribution < -0.4 is 10.2 Å². The van der Waals surface area contributed by atoms with Crippen molar-refractivity contribution in [2.45, 2.75) is 25.0 Å². The van der Waals surface area contributed by atoms with Gasteiger partial charge in [-0.25, -0.2) is 0 Å². The van der Waals surface area contributed by atoms with Gasteiger partial charge in [-0.15, -0.1) is 0 Å². The lowest BCUT2D eigenvalue weighted by molar-refractivity contribution is -0.136. The minimum Gasteiger partial charge on any atom is -0.394 e. The summed E-state index contributed by atoms with van der Waals surface area (Å²) in [4.78, 5) is 51.8. The van der Waals surface area contributed by atoms with Crippen molar-refractivity contribution in [2.24, 2.45) is 0 Å². The zero-order chi connectivity index (χ0) is 19.1. The first kappa shape index (κ1) is 17.6. The van der Waals surface area contributed by atoms with Crippen LogP contribution in [0.3, 0.4) is 0 Å². The van der Waals surface area contributed by atoms with E-state index in [1.807, 2.05) is 4.90 Å². The zero-order valence-corrected chi connectivity index (χ0v) is 14.5. The highest BCUT2D eigenvalue weighted by Crippen LogP contribution is 2.32. The number of hydrogen-bond acceptors (Lipinski definition) is 7. The van der Waals surface area contributed by atoms with Gasteiger partial charge < -0.3 is 14.7 Å². The molecule has 9 nitrogen and oxygen atoms in total. The Balaban J connectivity index is 1.51. The van der Waals surface area contributed by atoms with Crippen LogP contribution in [0.5, 0.6) is 0 Å². The number of anilines is 1. The van der Waals surface area contributed by atoms with Gasteiger partial charge in [0.25, 0.3) is 11.8 Å². The fourth-order valence-electron chi connectivity index (χ4n) is 3.63. The molecule has 0 aromatic heterocycles. The molecule has 0 aliphatic carbocycles. The number of imide groups is 2. The fourth-order valence-corrected chi connectivity index (χ4v) is 3.63. The molecular weight excluding hydrogens is 354 g/mol. The molecule has 3 aliphatic heterocycles. The Morgan fingerprint density at radius 1 is 1.11 bits per heavy atom. The van der Waals surface area contributed by atoms with Gasteiger partial charge in [-0.3, -0.25) is 29.4 Å². The first-order valence-corrected chi connectivity index (χ1v) is 8.82. The summed E-state index contributed by atoms with van der Waals surface area (Å²) in [5.74, 6) is -2.04. The smallest absolute Gasteiger partial charge is 0.262 e. The summed E-state index contributed by atoms with van der Waals surface area (Å²) >= 11 is 0. The molecule has 3 aliphatic rings. The van der Waals surface area contributed by atoms with Gasteiger partial charge in [-0.1, -0.05) is 0 Å². The molecule has 2 saturated heterocycles. The van der Waals surface area contributed by atoms with Gasteiger partial charge in [0, 0.05) is 25.2 Å². The Morgan fingerprint density at radius 2 is 1.85 bits per heavy atom. The van der Waals surface area contributed by atoms with Crippen molar-refractivity contribution in [3.8, 4) is 0 Å². The second-order valence-corrected chi connectivity index (χ2v) is 6.80. The average Bonchev–Trinajstić information content (AvgIpc) is 2.85. The summed E-state index contributed by atoms with van der Waals surface area (Å²) in [7, 11) is 0. The number of aliphatic hydroxyl groups is 1. The van der Waals surface area contributed by atoms with E-state index in [2.05, 4.69) is 5.32 Å². The number of amides is 4. The molecule has 142 valence electrons. The Bertz CT molecular complexity index is 832. The van der Waals surface area contributed by atoms with Crippen LogP contribution in [0.4, 0.5) is 5.69 Å². The molecule has 1 aromatic rings. The lowest BCUT2D eigenvalue weighted by atomic mass is 10.0. The van der Waals surface area contributed by atoms with Crippen LogP contribution in [-0.4, -0.2) is 72.1 Å². The van der Waals surface area contributed by atoms with Crippen LogP contribution in [0.25, 0.3) is 0 Å². The largest absolute Gasteiger partial charge is 0.394 e. The lowest BCUT2D eigenvalue weighted by Gasteiger charge is -2.40. The highest BCUT2D eigenvalue weighted by molar-refractivity contribution is 6.23. The first-order chi connectivity index (χ1) is 13.0. The molecule has 0 spiro atoms. The molecule has 3 heterocycles. The minimum absolute atomic E-state index is 0.0257. The number of aliphatic hydroxyl groups excluding tert-OH is 1. The van der Waals surface area contributed by atoms with Gasteiger partial charge >= 0.3 is 0 Å². The number of nitrogens with zero attached hydrogens (tertiary/aromatic N) is 2. The van der Waals surface area contributed by atoms with E-state index in [-0.39, 0.29) is 43.3 Å². The number of benzene rings is 1. The summed E-state index contributed by atoms with van der Waals surface area (Å²) in [5.41, 5.74) is 1.33. The van der Waals surface area contributed by atoms with E-state index in [1.54, 1.807) is 18.2 Å².